The first-order chi connectivity index (χ1) is 14.6. The molecule has 2 aromatic heterocycles. The molecular weight excluding hydrogens is 402 g/mol. The van der Waals surface area contributed by atoms with Gasteiger partial charge in [0.1, 0.15) is 18.1 Å². The number of aromatic nitrogens is 2. The fraction of sp³-hybridized carbons (Fsp3) is 0.130. The third-order valence-corrected chi connectivity index (χ3v) is 4.72. The van der Waals surface area contributed by atoms with Crippen LogP contribution < -0.4 is 10.1 Å². The van der Waals surface area contributed by atoms with E-state index in [-0.39, 0.29) is 18.3 Å². The molecule has 0 fully saturated rings. The third kappa shape index (κ3) is 4.90. The first kappa shape index (κ1) is 19.8. The van der Waals surface area contributed by atoms with Crippen molar-refractivity contribution in [1.82, 2.24) is 9.78 Å². The number of rotatable bonds is 7. The van der Waals surface area contributed by atoms with E-state index >= 15 is 0 Å². The third-order valence-electron chi connectivity index (χ3n) is 4.41. The molecule has 2 aromatic carbocycles. The zero-order chi connectivity index (χ0) is 20.9. The predicted octanol–water partition coefficient (Wildman–Crippen LogP) is 5.32. The fourth-order valence-electron chi connectivity index (χ4n) is 2.99. The molecule has 0 atom stereocenters. The molecular formula is C23H20ClN3O3. The minimum absolute atomic E-state index is 0.172. The summed E-state index contributed by atoms with van der Waals surface area (Å²) in [4.78, 5) is 12.5. The van der Waals surface area contributed by atoms with Crippen LogP contribution in [0.2, 0.25) is 5.02 Å². The van der Waals surface area contributed by atoms with Crippen molar-refractivity contribution < 1.29 is 13.9 Å². The van der Waals surface area contributed by atoms with Crippen molar-refractivity contribution in [3.05, 3.63) is 101 Å². The summed E-state index contributed by atoms with van der Waals surface area (Å²) >= 11 is 6.07. The van der Waals surface area contributed by atoms with Crippen LogP contribution in [0.25, 0.3) is 0 Å². The van der Waals surface area contributed by atoms with Gasteiger partial charge in [-0.15, -0.1) is 0 Å². The molecule has 0 bridgehead atoms. The van der Waals surface area contributed by atoms with Gasteiger partial charge < -0.3 is 14.5 Å². The zero-order valence-corrected chi connectivity index (χ0v) is 17.1. The fourth-order valence-corrected chi connectivity index (χ4v) is 3.18. The average molecular weight is 422 g/mol. The van der Waals surface area contributed by atoms with Crippen molar-refractivity contribution >= 4 is 23.2 Å². The van der Waals surface area contributed by atoms with Gasteiger partial charge >= 0.3 is 0 Å². The van der Waals surface area contributed by atoms with E-state index in [0.717, 1.165) is 5.56 Å². The lowest BCUT2D eigenvalue weighted by Crippen LogP contribution is -2.10. The van der Waals surface area contributed by atoms with Gasteiger partial charge in [0.25, 0.3) is 5.91 Å². The highest BCUT2D eigenvalue weighted by Crippen LogP contribution is 2.24. The number of para-hydroxylation sites is 1. The van der Waals surface area contributed by atoms with Crippen molar-refractivity contribution in [2.24, 2.45) is 0 Å². The number of benzene rings is 2. The highest BCUT2D eigenvalue weighted by molar-refractivity contribution is 6.32. The number of nitrogens with one attached hydrogen (secondary N) is 1. The number of ether oxygens (including phenoxy) is 1. The Morgan fingerprint density at radius 2 is 2.03 bits per heavy atom. The molecule has 0 saturated heterocycles. The lowest BCUT2D eigenvalue weighted by atomic mass is 10.1. The van der Waals surface area contributed by atoms with Gasteiger partial charge in [-0.2, -0.15) is 5.10 Å². The number of anilines is 1. The minimum Gasteiger partial charge on any atom is -0.484 e. The van der Waals surface area contributed by atoms with Crippen LogP contribution in [-0.4, -0.2) is 15.7 Å². The van der Waals surface area contributed by atoms with E-state index < -0.39 is 0 Å². The Balaban J connectivity index is 1.34. The van der Waals surface area contributed by atoms with Crippen molar-refractivity contribution in [3.8, 4) is 5.75 Å². The quantitative estimate of drug-likeness (QED) is 0.438. The van der Waals surface area contributed by atoms with Crippen molar-refractivity contribution in [2.75, 3.05) is 5.32 Å². The Hall–Kier alpha value is -3.51. The van der Waals surface area contributed by atoms with E-state index in [2.05, 4.69) is 29.5 Å². The normalized spacial score (nSPS) is 10.7. The Kier molecular flexibility index (Phi) is 5.86. The van der Waals surface area contributed by atoms with Crippen molar-refractivity contribution in [3.63, 3.8) is 0 Å². The SMILES string of the molecule is Cc1cccc(Cn2cc(NC(=O)c3ccc(COc4ccccc4Cl)o3)cn2)c1. The molecule has 0 spiro atoms. The van der Waals surface area contributed by atoms with Crippen molar-refractivity contribution in [2.45, 2.75) is 20.1 Å². The van der Waals surface area contributed by atoms with Crippen LogP contribution in [0.5, 0.6) is 5.75 Å². The Labute approximate surface area is 179 Å². The molecule has 1 N–H and O–H groups in total. The molecule has 0 aliphatic carbocycles. The van der Waals surface area contributed by atoms with Crippen LogP contribution in [0.1, 0.15) is 27.4 Å². The molecule has 7 heteroatoms. The second-order valence-corrected chi connectivity index (χ2v) is 7.26. The molecule has 2 heterocycles. The first-order valence-electron chi connectivity index (χ1n) is 9.42. The van der Waals surface area contributed by atoms with Gasteiger partial charge in [0, 0.05) is 6.20 Å². The first-order valence-corrected chi connectivity index (χ1v) is 9.80. The van der Waals surface area contributed by atoms with Crippen LogP contribution in [0.15, 0.2) is 77.5 Å². The molecule has 4 aromatic rings. The summed E-state index contributed by atoms with van der Waals surface area (Å²) in [5.41, 5.74) is 2.93. The van der Waals surface area contributed by atoms with Gasteiger partial charge in [-0.25, -0.2) is 0 Å². The Morgan fingerprint density at radius 3 is 2.87 bits per heavy atom. The number of halogens is 1. The van der Waals surface area contributed by atoms with E-state index in [9.17, 15) is 4.79 Å². The summed E-state index contributed by atoms with van der Waals surface area (Å²) in [6.45, 7) is 2.85. The van der Waals surface area contributed by atoms with E-state index in [1.807, 2.05) is 24.3 Å². The number of amides is 1. The Morgan fingerprint density at radius 1 is 1.17 bits per heavy atom. The van der Waals surface area contributed by atoms with Crippen LogP contribution in [0.4, 0.5) is 5.69 Å². The smallest absolute Gasteiger partial charge is 0.291 e. The summed E-state index contributed by atoms with van der Waals surface area (Å²) in [5.74, 6) is 0.922. The molecule has 0 aliphatic rings. The Bertz CT molecular complexity index is 1170. The largest absolute Gasteiger partial charge is 0.484 e. The molecule has 4 rings (SSSR count). The van der Waals surface area contributed by atoms with Gasteiger partial charge in [-0.1, -0.05) is 53.6 Å². The van der Waals surface area contributed by atoms with Crippen LogP contribution in [0.3, 0.4) is 0 Å². The molecule has 1 amide bonds. The summed E-state index contributed by atoms with van der Waals surface area (Å²) in [5, 5.41) is 7.62. The number of carbonyl (C=O) groups is 1. The number of hydrogen-bond acceptors (Lipinski definition) is 4. The van der Waals surface area contributed by atoms with E-state index in [1.165, 1.54) is 5.56 Å². The van der Waals surface area contributed by atoms with Gasteiger partial charge in [-0.3, -0.25) is 9.48 Å². The van der Waals surface area contributed by atoms with Gasteiger partial charge in [0.2, 0.25) is 0 Å². The van der Waals surface area contributed by atoms with E-state index in [4.69, 9.17) is 20.8 Å². The standard InChI is InChI=1S/C23H20ClN3O3/c1-16-5-4-6-17(11-16)13-27-14-18(12-25-27)26-23(28)22-10-9-19(30-22)15-29-21-8-3-2-7-20(21)24/h2-12,14H,13,15H2,1H3,(H,26,28). The monoisotopic (exact) mass is 421 g/mol. The van der Waals surface area contributed by atoms with Gasteiger partial charge in [0.15, 0.2) is 5.76 Å². The summed E-state index contributed by atoms with van der Waals surface area (Å²) < 4.78 is 13.0. The second-order valence-electron chi connectivity index (χ2n) is 6.85. The molecule has 0 aliphatic heterocycles. The highest BCUT2D eigenvalue weighted by Gasteiger charge is 2.13. The van der Waals surface area contributed by atoms with Crippen molar-refractivity contribution in [1.29, 1.82) is 0 Å². The summed E-state index contributed by atoms with van der Waals surface area (Å²) in [6, 6.07) is 18.7. The molecule has 0 radical (unpaired) electrons. The number of carbonyl (C=O) groups excluding carboxylic acids is 1. The lowest BCUT2D eigenvalue weighted by Gasteiger charge is -2.05. The molecule has 6 nitrogen and oxygen atoms in total. The number of nitrogens with zero attached hydrogens (tertiary/aromatic N) is 2. The molecule has 152 valence electrons. The zero-order valence-electron chi connectivity index (χ0n) is 16.3. The highest BCUT2D eigenvalue weighted by atomic mass is 35.5. The molecule has 0 saturated carbocycles. The van der Waals surface area contributed by atoms with E-state index in [1.54, 1.807) is 41.3 Å². The maximum Gasteiger partial charge on any atom is 0.291 e. The average Bonchev–Trinajstić information content (AvgIpc) is 3.37. The predicted molar refractivity (Wildman–Crippen MR) is 115 cm³/mol. The number of furan rings is 1. The maximum atomic E-state index is 12.5. The number of aryl methyl sites for hydroxylation is 1. The lowest BCUT2D eigenvalue weighted by molar-refractivity contribution is 0.0992. The summed E-state index contributed by atoms with van der Waals surface area (Å²) in [7, 11) is 0. The van der Waals surface area contributed by atoms with Crippen LogP contribution in [0, 0.1) is 6.92 Å². The summed E-state index contributed by atoms with van der Waals surface area (Å²) in [6.07, 6.45) is 3.39. The van der Waals surface area contributed by atoms with E-state index in [0.29, 0.717) is 28.8 Å². The van der Waals surface area contributed by atoms with Crippen LogP contribution in [-0.2, 0) is 13.2 Å². The topological polar surface area (TPSA) is 69.3 Å². The minimum atomic E-state index is -0.353. The maximum absolute atomic E-state index is 12.5. The van der Waals surface area contributed by atoms with Gasteiger partial charge in [0.05, 0.1) is 23.5 Å². The van der Waals surface area contributed by atoms with Crippen LogP contribution >= 0.6 is 11.6 Å². The molecule has 30 heavy (non-hydrogen) atoms. The second kappa shape index (κ2) is 8.88. The van der Waals surface area contributed by atoms with Gasteiger partial charge in [-0.05, 0) is 36.8 Å². The molecule has 0 unspecified atom stereocenters. The number of hydrogen-bond donors (Lipinski definition) is 1.